The van der Waals surface area contributed by atoms with E-state index in [4.69, 9.17) is 10.3 Å². The number of pyridine rings is 1. The van der Waals surface area contributed by atoms with Gasteiger partial charge in [-0.2, -0.15) is 0 Å². The molecular weight excluding hydrogens is 262 g/mol. The van der Waals surface area contributed by atoms with Crippen LogP contribution in [0.15, 0.2) is 28.7 Å². The lowest BCUT2D eigenvalue weighted by atomic mass is 10.3. The maximum Gasteiger partial charge on any atom is 0.276 e. The van der Waals surface area contributed by atoms with Crippen molar-refractivity contribution in [3.05, 3.63) is 45.9 Å². The third-order valence-electron chi connectivity index (χ3n) is 2.74. The van der Waals surface area contributed by atoms with Crippen LogP contribution in [0.1, 0.15) is 11.5 Å². The predicted octanol–water partition coefficient (Wildman–Crippen LogP) is 1.81. The Bertz CT molecular complexity index is 625. The lowest BCUT2D eigenvalue weighted by Crippen LogP contribution is -2.19. The molecule has 0 amide bonds. The quantitative estimate of drug-likeness (QED) is 0.487. The molecule has 8 heteroatoms. The first-order valence-corrected chi connectivity index (χ1v) is 5.89. The molecule has 0 aromatic carbocycles. The maximum atomic E-state index is 10.9. The monoisotopic (exact) mass is 277 g/mol. The van der Waals surface area contributed by atoms with Gasteiger partial charge >= 0.3 is 0 Å². The molecule has 2 aromatic rings. The Kier molecular flexibility index (Phi) is 3.85. The van der Waals surface area contributed by atoms with Gasteiger partial charge in [-0.1, -0.05) is 0 Å². The van der Waals surface area contributed by atoms with Crippen LogP contribution in [0.25, 0.3) is 0 Å². The lowest BCUT2D eigenvalue weighted by molar-refractivity contribution is -0.384. The summed E-state index contributed by atoms with van der Waals surface area (Å²) in [5, 5.41) is 10.9. The SMILES string of the molecule is Cc1ccc(CN(C)c2cc([N+](=O)[O-])cc(NN)n2)o1. The van der Waals surface area contributed by atoms with Crippen molar-refractivity contribution in [2.75, 3.05) is 17.4 Å². The van der Waals surface area contributed by atoms with Crippen molar-refractivity contribution in [2.45, 2.75) is 13.5 Å². The number of hydrazine groups is 1. The fraction of sp³-hybridized carbons (Fsp3) is 0.250. The van der Waals surface area contributed by atoms with E-state index in [2.05, 4.69) is 10.4 Å². The number of nitrogen functional groups attached to an aromatic ring is 1. The molecule has 2 aromatic heterocycles. The van der Waals surface area contributed by atoms with E-state index in [1.165, 1.54) is 12.1 Å². The molecule has 0 fully saturated rings. The number of rotatable bonds is 5. The van der Waals surface area contributed by atoms with E-state index in [0.29, 0.717) is 12.4 Å². The Hall–Kier alpha value is -2.61. The summed E-state index contributed by atoms with van der Waals surface area (Å²) in [6.07, 6.45) is 0. The highest BCUT2D eigenvalue weighted by molar-refractivity contribution is 5.55. The van der Waals surface area contributed by atoms with Gasteiger partial charge in [-0.25, -0.2) is 10.8 Å². The van der Waals surface area contributed by atoms with Crippen LogP contribution in [0.2, 0.25) is 0 Å². The molecule has 3 N–H and O–H groups in total. The van der Waals surface area contributed by atoms with Crippen molar-refractivity contribution in [1.29, 1.82) is 0 Å². The highest BCUT2D eigenvalue weighted by atomic mass is 16.6. The first kappa shape index (κ1) is 13.8. The second-order valence-electron chi connectivity index (χ2n) is 4.34. The number of aromatic nitrogens is 1. The highest BCUT2D eigenvalue weighted by Gasteiger charge is 2.14. The maximum absolute atomic E-state index is 10.9. The van der Waals surface area contributed by atoms with Gasteiger partial charge in [0.05, 0.1) is 23.6 Å². The number of hydrogen-bond acceptors (Lipinski definition) is 7. The summed E-state index contributed by atoms with van der Waals surface area (Å²) in [6.45, 7) is 2.30. The van der Waals surface area contributed by atoms with Crippen LogP contribution in [-0.2, 0) is 6.54 Å². The number of nitrogens with one attached hydrogen (secondary N) is 1. The first-order valence-electron chi connectivity index (χ1n) is 5.89. The average Bonchev–Trinajstić information content (AvgIpc) is 2.83. The van der Waals surface area contributed by atoms with E-state index in [0.717, 1.165) is 11.5 Å². The summed E-state index contributed by atoms with van der Waals surface area (Å²) in [6, 6.07) is 6.37. The third-order valence-corrected chi connectivity index (χ3v) is 2.74. The molecule has 2 rings (SSSR count). The van der Waals surface area contributed by atoms with Crippen LogP contribution in [0, 0.1) is 17.0 Å². The second-order valence-corrected chi connectivity index (χ2v) is 4.34. The molecule has 0 saturated heterocycles. The zero-order chi connectivity index (χ0) is 14.7. The van der Waals surface area contributed by atoms with Gasteiger partial charge < -0.3 is 14.7 Å². The van der Waals surface area contributed by atoms with Crippen LogP contribution in [-0.4, -0.2) is 17.0 Å². The predicted molar refractivity (Wildman–Crippen MR) is 74.3 cm³/mol. The van der Waals surface area contributed by atoms with Gasteiger partial charge in [0.15, 0.2) is 0 Å². The molecule has 0 aliphatic carbocycles. The number of nitrogens with two attached hydrogens (primary N) is 1. The minimum absolute atomic E-state index is 0.0783. The van der Waals surface area contributed by atoms with Gasteiger partial charge in [-0.3, -0.25) is 10.1 Å². The smallest absolute Gasteiger partial charge is 0.276 e. The molecule has 0 bridgehead atoms. The molecule has 0 aliphatic rings. The Morgan fingerprint density at radius 2 is 2.25 bits per heavy atom. The Labute approximate surface area is 115 Å². The van der Waals surface area contributed by atoms with E-state index in [1.807, 2.05) is 19.1 Å². The first-order chi connectivity index (χ1) is 9.49. The molecule has 2 heterocycles. The molecule has 0 aliphatic heterocycles. The van der Waals surface area contributed by atoms with Crippen LogP contribution >= 0.6 is 0 Å². The summed E-state index contributed by atoms with van der Waals surface area (Å²) in [7, 11) is 1.77. The van der Waals surface area contributed by atoms with E-state index in [-0.39, 0.29) is 11.5 Å². The molecule has 8 nitrogen and oxygen atoms in total. The molecular formula is C12H15N5O3. The van der Waals surface area contributed by atoms with Gasteiger partial charge in [-0.15, -0.1) is 0 Å². The van der Waals surface area contributed by atoms with Gasteiger partial charge in [0.1, 0.15) is 23.2 Å². The summed E-state index contributed by atoms with van der Waals surface area (Å²) < 4.78 is 5.47. The largest absolute Gasteiger partial charge is 0.464 e. The number of nitro groups is 1. The zero-order valence-corrected chi connectivity index (χ0v) is 11.2. The van der Waals surface area contributed by atoms with E-state index >= 15 is 0 Å². The minimum atomic E-state index is -0.489. The van der Waals surface area contributed by atoms with Gasteiger partial charge in [-0.05, 0) is 19.1 Å². The molecule has 0 spiro atoms. The Balaban J connectivity index is 2.26. The summed E-state index contributed by atoms with van der Waals surface area (Å²) in [5.74, 6) is 7.50. The normalized spacial score (nSPS) is 10.3. The van der Waals surface area contributed by atoms with Crippen molar-refractivity contribution in [1.82, 2.24) is 4.98 Å². The van der Waals surface area contributed by atoms with Crippen LogP contribution in [0.4, 0.5) is 17.3 Å². The number of furan rings is 1. The average molecular weight is 277 g/mol. The lowest BCUT2D eigenvalue weighted by Gasteiger charge is -2.17. The molecule has 0 saturated carbocycles. The van der Waals surface area contributed by atoms with Crippen LogP contribution in [0.3, 0.4) is 0 Å². The summed E-state index contributed by atoms with van der Waals surface area (Å²) >= 11 is 0. The van der Waals surface area contributed by atoms with Gasteiger partial charge in [0, 0.05) is 7.05 Å². The fourth-order valence-corrected chi connectivity index (χ4v) is 1.76. The molecule has 106 valence electrons. The zero-order valence-electron chi connectivity index (χ0n) is 11.2. The molecule has 20 heavy (non-hydrogen) atoms. The van der Waals surface area contributed by atoms with Crippen molar-refractivity contribution >= 4 is 17.3 Å². The molecule has 0 unspecified atom stereocenters. The molecule has 0 radical (unpaired) electrons. The number of aryl methyl sites for hydroxylation is 1. The number of hydrogen-bond donors (Lipinski definition) is 2. The van der Waals surface area contributed by atoms with Crippen molar-refractivity contribution in [3.8, 4) is 0 Å². The summed E-state index contributed by atoms with van der Waals surface area (Å²) in [5.41, 5.74) is 2.24. The van der Waals surface area contributed by atoms with E-state index in [9.17, 15) is 10.1 Å². The fourth-order valence-electron chi connectivity index (χ4n) is 1.76. The second kappa shape index (κ2) is 5.57. The van der Waals surface area contributed by atoms with Crippen molar-refractivity contribution in [3.63, 3.8) is 0 Å². The highest BCUT2D eigenvalue weighted by Crippen LogP contribution is 2.23. The Morgan fingerprint density at radius 3 is 2.80 bits per heavy atom. The van der Waals surface area contributed by atoms with Crippen molar-refractivity contribution < 1.29 is 9.34 Å². The number of anilines is 2. The van der Waals surface area contributed by atoms with Crippen LogP contribution in [0.5, 0.6) is 0 Å². The summed E-state index contributed by atoms with van der Waals surface area (Å²) in [4.78, 5) is 16.3. The van der Waals surface area contributed by atoms with Gasteiger partial charge in [0.2, 0.25) is 0 Å². The standard InChI is InChI=1S/C12H15N5O3/c1-8-3-4-10(20-8)7-16(2)12-6-9(17(18)19)5-11(14-12)15-13/h3-6H,7,13H2,1-2H3,(H,14,15). The van der Waals surface area contributed by atoms with Gasteiger partial charge in [0.25, 0.3) is 5.69 Å². The van der Waals surface area contributed by atoms with E-state index < -0.39 is 4.92 Å². The van der Waals surface area contributed by atoms with Crippen molar-refractivity contribution in [2.24, 2.45) is 5.84 Å². The minimum Gasteiger partial charge on any atom is -0.464 e. The third kappa shape index (κ3) is 3.04. The van der Waals surface area contributed by atoms with E-state index in [1.54, 1.807) is 11.9 Å². The number of nitrogens with zero attached hydrogens (tertiary/aromatic N) is 3. The topological polar surface area (TPSA) is 110 Å². The Morgan fingerprint density at radius 1 is 1.50 bits per heavy atom. The van der Waals surface area contributed by atoms with Crippen LogP contribution < -0.4 is 16.2 Å². The molecule has 0 atom stereocenters.